The molecule has 0 bridgehead atoms. The Morgan fingerprint density at radius 1 is 0.759 bits per heavy atom. The number of benzene rings is 3. The number of phenolic OH excluding ortho intramolecular Hbond substituents is 2. The molecule has 0 saturated carbocycles. The number of hydrogen-bond acceptors (Lipinski definition) is 4. The topological polar surface area (TPSA) is 94.8 Å². The van der Waals surface area contributed by atoms with E-state index in [0.29, 0.717) is 0 Å². The summed E-state index contributed by atoms with van der Waals surface area (Å²) in [6.07, 6.45) is 0. The van der Waals surface area contributed by atoms with E-state index < -0.39 is 20.6 Å². The van der Waals surface area contributed by atoms with Gasteiger partial charge in [0.25, 0.3) is 10.1 Å². The standard InChI is InChI=1S/C19H12Cl4O5S/c20-13-7-8-14(21)18(23)17(13)19(29(26,27)28,12-3-1-2-4-16(12)25)11-6-5-10(24)9-15(11)22/h1-9,24-25H,(H,26,27,28). The molecular formula is C19H12Cl4O5S. The van der Waals surface area contributed by atoms with Crippen molar-refractivity contribution < 1.29 is 23.2 Å². The number of para-hydroxylation sites is 1. The van der Waals surface area contributed by atoms with E-state index in [9.17, 15) is 23.2 Å². The number of rotatable bonds is 4. The van der Waals surface area contributed by atoms with Crippen LogP contribution in [-0.2, 0) is 14.9 Å². The van der Waals surface area contributed by atoms with Gasteiger partial charge in [-0.2, -0.15) is 8.42 Å². The molecule has 0 spiro atoms. The lowest BCUT2D eigenvalue weighted by molar-refractivity contribution is 0.440. The van der Waals surface area contributed by atoms with Gasteiger partial charge in [-0.25, -0.2) is 0 Å². The maximum absolute atomic E-state index is 13.0. The zero-order valence-electron chi connectivity index (χ0n) is 14.3. The van der Waals surface area contributed by atoms with Gasteiger partial charge in [-0.05, 0) is 30.3 Å². The Morgan fingerprint density at radius 3 is 1.97 bits per heavy atom. The lowest BCUT2D eigenvalue weighted by Gasteiger charge is -2.35. The van der Waals surface area contributed by atoms with E-state index in [0.717, 1.165) is 6.07 Å². The molecule has 3 aromatic rings. The van der Waals surface area contributed by atoms with Gasteiger partial charge in [0.05, 0.1) is 10.0 Å². The molecule has 3 rings (SSSR count). The molecule has 0 aliphatic heterocycles. The van der Waals surface area contributed by atoms with Crippen LogP contribution in [0.15, 0.2) is 54.6 Å². The lowest BCUT2D eigenvalue weighted by atomic mass is 9.83. The first-order valence-corrected chi connectivity index (χ1v) is 10.9. The first-order valence-electron chi connectivity index (χ1n) is 7.90. The molecule has 0 aromatic heterocycles. The van der Waals surface area contributed by atoms with Crippen molar-refractivity contribution in [2.45, 2.75) is 4.75 Å². The molecule has 0 radical (unpaired) electrons. The molecule has 0 saturated heterocycles. The Bertz CT molecular complexity index is 1210. The van der Waals surface area contributed by atoms with E-state index in [-0.39, 0.29) is 42.5 Å². The quantitative estimate of drug-likeness (QED) is 0.239. The Kier molecular flexibility index (Phi) is 5.98. The zero-order valence-corrected chi connectivity index (χ0v) is 18.1. The third kappa shape index (κ3) is 3.54. The number of hydrogen-bond donors (Lipinski definition) is 3. The second-order valence-electron chi connectivity index (χ2n) is 6.06. The molecule has 1 atom stereocenters. The van der Waals surface area contributed by atoms with Crippen LogP contribution in [0.3, 0.4) is 0 Å². The van der Waals surface area contributed by atoms with Crippen LogP contribution in [-0.4, -0.2) is 23.2 Å². The van der Waals surface area contributed by atoms with E-state index >= 15 is 0 Å². The molecule has 0 aliphatic carbocycles. The van der Waals surface area contributed by atoms with Gasteiger partial charge < -0.3 is 10.2 Å². The van der Waals surface area contributed by atoms with Gasteiger partial charge in [0.15, 0.2) is 4.75 Å². The van der Waals surface area contributed by atoms with E-state index in [1.807, 2.05) is 0 Å². The molecule has 29 heavy (non-hydrogen) atoms. The molecule has 3 N–H and O–H groups in total. The summed E-state index contributed by atoms with van der Waals surface area (Å²) in [7, 11) is -5.16. The minimum atomic E-state index is -5.16. The maximum Gasteiger partial charge on any atom is 0.283 e. The summed E-state index contributed by atoms with van der Waals surface area (Å²) in [6, 6.07) is 11.5. The van der Waals surface area contributed by atoms with Crippen molar-refractivity contribution in [2.75, 3.05) is 0 Å². The highest BCUT2D eigenvalue weighted by Gasteiger charge is 2.53. The number of aromatic hydroxyl groups is 2. The molecule has 0 fully saturated rings. The molecular weight excluding hydrogens is 482 g/mol. The molecule has 152 valence electrons. The molecule has 1 unspecified atom stereocenters. The minimum Gasteiger partial charge on any atom is -0.508 e. The summed E-state index contributed by atoms with van der Waals surface area (Å²) in [6.45, 7) is 0. The third-order valence-electron chi connectivity index (χ3n) is 4.40. The third-order valence-corrected chi connectivity index (χ3v) is 7.25. The van der Waals surface area contributed by atoms with Crippen molar-refractivity contribution in [2.24, 2.45) is 0 Å². The SMILES string of the molecule is O=S(=O)(O)C(c1ccccc1O)(c1ccc(O)cc1Cl)c1c(Cl)ccc(Cl)c1Cl. The van der Waals surface area contributed by atoms with Crippen molar-refractivity contribution in [3.05, 3.63) is 91.4 Å². The van der Waals surface area contributed by atoms with E-state index in [1.165, 1.54) is 48.5 Å². The first kappa shape index (κ1) is 22.0. The molecule has 0 aliphatic rings. The Labute approximate surface area is 186 Å². The van der Waals surface area contributed by atoms with Crippen LogP contribution in [0.1, 0.15) is 16.7 Å². The second-order valence-corrected chi connectivity index (χ2v) is 9.22. The summed E-state index contributed by atoms with van der Waals surface area (Å²) < 4.78 is 34.0. The van der Waals surface area contributed by atoms with Gasteiger partial charge in [-0.3, -0.25) is 4.55 Å². The smallest absolute Gasteiger partial charge is 0.283 e. The van der Waals surface area contributed by atoms with Gasteiger partial charge >= 0.3 is 0 Å². The summed E-state index contributed by atoms with van der Waals surface area (Å²) >= 11 is 25.1. The summed E-state index contributed by atoms with van der Waals surface area (Å²) in [5, 5.41) is 19.6. The monoisotopic (exact) mass is 492 g/mol. The van der Waals surface area contributed by atoms with Crippen molar-refractivity contribution in [3.63, 3.8) is 0 Å². The highest BCUT2D eigenvalue weighted by atomic mass is 35.5. The molecule has 5 nitrogen and oxygen atoms in total. The van der Waals surface area contributed by atoms with Gasteiger partial charge in [0.1, 0.15) is 11.5 Å². The molecule has 10 heteroatoms. The summed E-state index contributed by atoms with van der Waals surface area (Å²) in [4.78, 5) is 0. The Balaban J connectivity index is 2.68. The largest absolute Gasteiger partial charge is 0.508 e. The molecule has 3 aromatic carbocycles. The fraction of sp³-hybridized carbons (Fsp3) is 0.0526. The van der Waals surface area contributed by atoms with Crippen LogP contribution in [0, 0.1) is 0 Å². The van der Waals surface area contributed by atoms with Crippen LogP contribution in [0.25, 0.3) is 0 Å². The predicted molar refractivity (Wildman–Crippen MR) is 114 cm³/mol. The van der Waals surface area contributed by atoms with E-state index in [4.69, 9.17) is 46.4 Å². The summed E-state index contributed by atoms with van der Waals surface area (Å²) in [5.74, 6) is -0.718. The van der Waals surface area contributed by atoms with Crippen molar-refractivity contribution in [1.82, 2.24) is 0 Å². The van der Waals surface area contributed by atoms with Gasteiger partial charge in [-0.15, -0.1) is 0 Å². The van der Waals surface area contributed by atoms with Crippen molar-refractivity contribution in [3.8, 4) is 11.5 Å². The second kappa shape index (κ2) is 7.87. The highest BCUT2D eigenvalue weighted by Crippen LogP contribution is 2.54. The zero-order chi connectivity index (χ0) is 21.6. The normalized spacial score (nSPS) is 13.8. The number of halogens is 4. The summed E-state index contributed by atoms with van der Waals surface area (Å²) in [5.41, 5.74) is -0.766. The van der Waals surface area contributed by atoms with E-state index in [1.54, 1.807) is 0 Å². The Morgan fingerprint density at radius 2 is 1.38 bits per heavy atom. The van der Waals surface area contributed by atoms with Crippen LogP contribution < -0.4 is 0 Å². The van der Waals surface area contributed by atoms with Crippen LogP contribution in [0.5, 0.6) is 11.5 Å². The van der Waals surface area contributed by atoms with Crippen LogP contribution >= 0.6 is 46.4 Å². The van der Waals surface area contributed by atoms with Crippen molar-refractivity contribution in [1.29, 1.82) is 0 Å². The van der Waals surface area contributed by atoms with Gasteiger partial charge in [0, 0.05) is 26.7 Å². The fourth-order valence-electron chi connectivity index (χ4n) is 3.23. The van der Waals surface area contributed by atoms with Gasteiger partial charge in [-0.1, -0.05) is 70.7 Å². The molecule has 0 amide bonds. The maximum atomic E-state index is 13.0. The van der Waals surface area contributed by atoms with Crippen LogP contribution in [0.2, 0.25) is 20.1 Å². The van der Waals surface area contributed by atoms with Crippen LogP contribution in [0.4, 0.5) is 0 Å². The van der Waals surface area contributed by atoms with E-state index in [2.05, 4.69) is 0 Å². The lowest BCUT2D eigenvalue weighted by Crippen LogP contribution is -2.39. The number of phenols is 2. The fourth-order valence-corrected chi connectivity index (χ4v) is 5.90. The average Bonchev–Trinajstić information content (AvgIpc) is 2.62. The predicted octanol–water partition coefficient (Wildman–Crippen LogP) is 5.89. The Hall–Kier alpha value is -1.67. The molecule has 0 heterocycles. The van der Waals surface area contributed by atoms with Crippen molar-refractivity contribution >= 4 is 56.5 Å². The average molecular weight is 494 g/mol. The first-order chi connectivity index (χ1) is 13.5. The highest BCUT2D eigenvalue weighted by molar-refractivity contribution is 7.87. The van der Waals surface area contributed by atoms with Gasteiger partial charge in [0.2, 0.25) is 0 Å². The minimum absolute atomic E-state index is 0.0376.